The lowest BCUT2D eigenvalue weighted by atomic mass is 9.98. The van der Waals surface area contributed by atoms with Crippen molar-refractivity contribution in [1.29, 1.82) is 0 Å². The number of rotatable bonds is 1. The van der Waals surface area contributed by atoms with Crippen LogP contribution in [0.2, 0.25) is 0 Å². The third-order valence-corrected chi connectivity index (χ3v) is 3.04. The van der Waals surface area contributed by atoms with Gasteiger partial charge in [0, 0.05) is 12.7 Å². The summed E-state index contributed by atoms with van der Waals surface area (Å²) < 4.78 is 5.34. The Morgan fingerprint density at radius 2 is 2.26 bits per heavy atom. The first-order valence-electron chi connectivity index (χ1n) is 6.75. The Kier molecular flexibility index (Phi) is 3.98. The lowest BCUT2D eigenvalue weighted by molar-refractivity contribution is 0.0349. The molecule has 0 saturated heterocycles. The maximum Gasteiger partial charge on any atom is 0.414 e. The van der Waals surface area contributed by atoms with Crippen LogP contribution in [0.15, 0.2) is 36.2 Å². The number of amides is 1. The van der Waals surface area contributed by atoms with Crippen LogP contribution < -0.4 is 5.32 Å². The van der Waals surface area contributed by atoms with Gasteiger partial charge in [0.25, 0.3) is 0 Å². The summed E-state index contributed by atoms with van der Waals surface area (Å²) >= 11 is 0. The van der Waals surface area contributed by atoms with Crippen molar-refractivity contribution < 1.29 is 9.53 Å². The first kappa shape index (κ1) is 13.7. The highest BCUT2D eigenvalue weighted by molar-refractivity contribution is 5.70. The van der Waals surface area contributed by atoms with Gasteiger partial charge in [0.2, 0.25) is 0 Å². The minimum absolute atomic E-state index is 0.296. The average Bonchev–Trinajstić information content (AvgIpc) is 2.38. The van der Waals surface area contributed by atoms with Crippen molar-refractivity contribution in [2.45, 2.75) is 45.3 Å². The number of hydrogen-bond acceptors (Lipinski definition) is 3. The predicted molar refractivity (Wildman–Crippen MR) is 75.5 cm³/mol. The Hall–Kier alpha value is -1.71. The predicted octanol–water partition coefficient (Wildman–Crippen LogP) is 2.94. The van der Waals surface area contributed by atoms with E-state index < -0.39 is 5.60 Å². The number of nitrogens with zero attached hydrogens (tertiary/aromatic N) is 1. The van der Waals surface area contributed by atoms with E-state index >= 15 is 0 Å². The lowest BCUT2D eigenvalue weighted by Gasteiger charge is -2.28. The summed E-state index contributed by atoms with van der Waals surface area (Å²) in [4.78, 5) is 13.5. The molecule has 0 saturated carbocycles. The fourth-order valence-corrected chi connectivity index (χ4v) is 2.10. The van der Waals surface area contributed by atoms with Crippen LogP contribution in [-0.2, 0) is 4.74 Å². The Morgan fingerprint density at radius 3 is 2.79 bits per heavy atom. The van der Waals surface area contributed by atoms with Crippen LogP contribution in [-0.4, -0.2) is 29.2 Å². The van der Waals surface area contributed by atoms with Gasteiger partial charge in [0.15, 0.2) is 0 Å². The monoisotopic (exact) mass is 262 g/mol. The van der Waals surface area contributed by atoms with Crippen molar-refractivity contribution in [2.75, 3.05) is 6.54 Å². The molecule has 0 fully saturated rings. The van der Waals surface area contributed by atoms with Crippen LogP contribution in [0.1, 0.15) is 33.6 Å². The molecule has 0 bridgehead atoms. The zero-order valence-electron chi connectivity index (χ0n) is 11.8. The highest BCUT2D eigenvalue weighted by Gasteiger charge is 2.22. The molecule has 0 spiro atoms. The molecule has 2 aliphatic heterocycles. The van der Waals surface area contributed by atoms with Crippen molar-refractivity contribution in [3.8, 4) is 0 Å². The van der Waals surface area contributed by atoms with Gasteiger partial charge >= 0.3 is 6.09 Å². The molecule has 19 heavy (non-hydrogen) atoms. The molecule has 104 valence electrons. The van der Waals surface area contributed by atoms with Gasteiger partial charge in [0.05, 0.1) is 6.04 Å². The summed E-state index contributed by atoms with van der Waals surface area (Å²) in [5.41, 5.74) is 0.786. The molecule has 2 aliphatic rings. The summed E-state index contributed by atoms with van der Waals surface area (Å²) in [5, 5.41) is 3.34. The van der Waals surface area contributed by atoms with E-state index in [2.05, 4.69) is 17.5 Å². The van der Waals surface area contributed by atoms with Crippen molar-refractivity contribution in [2.24, 2.45) is 0 Å². The van der Waals surface area contributed by atoms with Crippen LogP contribution in [0.25, 0.3) is 0 Å². The molecule has 2 rings (SSSR count). The molecule has 1 N–H and O–H groups in total. The van der Waals surface area contributed by atoms with Crippen LogP contribution in [0, 0.1) is 0 Å². The zero-order valence-corrected chi connectivity index (χ0v) is 11.8. The Morgan fingerprint density at radius 1 is 1.47 bits per heavy atom. The Labute approximate surface area is 114 Å². The summed E-state index contributed by atoms with van der Waals surface area (Å²) in [6.45, 7) is 6.19. The third-order valence-electron chi connectivity index (χ3n) is 3.04. The number of nitrogens with one attached hydrogen (secondary N) is 1. The normalized spacial score (nSPS) is 22.8. The van der Waals surface area contributed by atoms with Crippen molar-refractivity contribution >= 4 is 6.09 Å². The quantitative estimate of drug-likeness (QED) is 0.790. The van der Waals surface area contributed by atoms with Gasteiger partial charge in [-0.2, -0.15) is 0 Å². The summed E-state index contributed by atoms with van der Waals surface area (Å²) in [5.74, 6) is 0. The lowest BCUT2D eigenvalue weighted by Crippen LogP contribution is -2.36. The number of allylic oxidation sites excluding steroid dienone is 1. The van der Waals surface area contributed by atoms with Gasteiger partial charge < -0.3 is 10.1 Å². The summed E-state index contributed by atoms with van der Waals surface area (Å²) in [6, 6.07) is 0.363. The molecule has 0 aromatic heterocycles. The molecule has 4 heteroatoms. The van der Waals surface area contributed by atoms with E-state index in [1.54, 1.807) is 4.90 Å². The molecule has 0 aliphatic carbocycles. The van der Waals surface area contributed by atoms with E-state index in [-0.39, 0.29) is 6.09 Å². The van der Waals surface area contributed by atoms with E-state index in [1.165, 1.54) is 5.57 Å². The molecule has 0 aromatic rings. The zero-order chi connectivity index (χ0) is 13.9. The number of ether oxygens (including phenoxy) is 1. The fourth-order valence-electron chi connectivity index (χ4n) is 2.10. The second-order valence-corrected chi connectivity index (χ2v) is 5.85. The molecule has 1 unspecified atom stereocenters. The summed E-state index contributed by atoms with van der Waals surface area (Å²) in [6.07, 6.45) is 11.9. The summed E-state index contributed by atoms with van der Waals surface area (Å²) in [7, 11) is 0. The van der Waals surface area contributed by atoms with E-state index in [0.717, 1.165) is 12.8 Å². The van der Waals surface area contributed by atoms with Crippen molar-refractivity contribution in [1.82, 2.24) is 10.2 Å². The molecule has 1 amide bonds. The van der Waals surface area contributed by atoms with Gasteiger partial charge in [-0.05, 0) is 51.5 Å². The molecular formula is C15H22N2O2. The average molecular weight is 262 g/mol. The molecular weight excluding hydrogens is 240 g/mol. The van der Waals surface area contributed by atoms with Gasteiger partial charge in [-0.1, -0.05) is 12.2 Å². The molecule has 2 heterocycles. The van der Waals surface area contributed by atoms with Crippen molar-refractivity contribution in [3.63, 3.8) is 0 Å². The van der Waals surface area contributed by atoms with Gasteiger partial charge in [0.1, 0.15) is 5.60 Å². The van der Waals surface area contributed by atoms with Crippen LogP contribution in [0.5, 0.6) is 0 Å². The maximum absolute atomic E-state index is 11.9. The van der Waals surface area contributed by atoms with Crippen LogP contribution >= 0.6 is 0 Å². The van der Waals surface area contributed by atoms with E-state index in [1.807, 2.05) is 39.2 Å². The minimum atomic E-state index is -0.454. The molecule has 0 aromatic carbocycles. The minimum Gasteiger partial charge on any atom is -0.443 e. The smallest absolute Gasteiger partial charge is 0.414 e. The van der Waals surface area contributed by atoms with E-state index in [9.17, 15) is 4.79 Å². The first-order chi connectivity index (χ1) is 8.96. The fraction of sp³-hybridized carbons (Fsp3) is 0.533. The maximum atomic E-state index is 11.9. The Balaban J connectivity index is 1.91. The van der Waals surface area contributed by atoms with Gasteiger partial charge in [-0.25, -0.2) is 4.79 Å². The molecule has 0 radical (unpaired) electrons. The van der Waals surface area contributed by atoms with Gasteiger partial charge in [-0.3, -0.25) is 4.90 Å². The largest absolute Gasteiger partial charge is 0.443 e. The van der Waals surface area contributed by atoms with Crippen LogP contribution in [0.3, 0.4) is 0 Å². The van der Waals surface area contributed by atoms with E-state index in [4.69, 9.17) is 4.74 Å². The number of carbonyl (C=O) groups is 1. The highest BCUT2D eigenvalue weighted by atomic mass is 16.6. The molecule has 4 nitrogen and oxygen atoms in total. The number of hydrogen-bond donors (Lipinski definition) is 1. The van der Waals surface area contributed by atoms with Crippen molar-refractivity contribution in [3.05, 3.63) is 36.2 Å². The highest BCUT2D eigenvalue weighted by Crippen LogP contribution is 2.19. The van der Waals surface area contributed by atoms with Crippen LogP contribution in [0.4, 0.5) is 4.79 Å². The first-order valence-corrected chi connectivity index (χ1v) is 6.75. The Bertz CT molecular complexity index is 430. The number of carbonyl (C=O) groups excluding carboxylic acids is 1. The SMILES string of the molecule is CC(C)(C)OC(=O)N1C=CC(C2CCC=CN2)=CC1. The van der Waals surface area contributed by atoms with E-state index in [0.29, 0.717) is 12.6 Å². The second kappa shape index (κ2) is 5.51. The second-order valence-electron chi connectivity index (χ2n) is 5.85. The molecule has 1 atom stereocenters. The van der Waals surface area contributed by atoms with Gasteiger partial charge in [-0.15, -0.1) is 0 Å². The third kappa shape index (κ3) is 3.88. The topological polar surface area (TPSA) is 41.6 Å². The standard InChI is InChI=1S/C15H22N2O2/c1-15(2,3)19-14(18)17-10-7-12(8-11-17)13-6-4-5-9-16-13/h5,7-10,13,16H,4,6,11H2,1-3H3.